The Morgan fingerprint density at radius 3 is 2.65 bits per heavy atom. The van der Waals surface area contributed by atoms with Crippen LogP contribution in [0.25, 0.3) is 17.4 Å². The number of hydrogen-bond donors (Lipinski definition) is 0. The van der Waals surface area contributed by atoms with Crippen LogP contribution in [-0.4, -0.2) is 24.3 Å². The molecule has 1 aliphatic rings. The molecule has 4 aromatic rings. The highest BCUT2D eigenvalue weighted by Crippen LogP contribution is 2.34. The van der Waals surface area contributed by atoms with E-state index in [-0.39, 0.29) is 33.8 Å². The predicted octanol–water partition coefficient (Wildman–Crippen LogP) is 5.09. The van der Waals surface area contributed by atoms with Crippen molar-refractivity contribution < 1.29 is 31.9 Å². The van der Waals surface area contributed by atoms with E-state index in [1.807, 2.05) is 0 Å². The molecule has 11 heteroatoms. The van der Waals surface area contributed by atoms with Crippen LogP contribution in [0.15, 0.2) is 86.1 Å². The van der Waals surface area contributed by atoms with E-state index in [9.17, 15) is 22.8 Å². The molecular formula is C29H23F3N2O5S. The minimum absolute atomic E-state index is 0.150. The van der Waals surface area contributed by atoms with Crippen molar-refractivity contribution in [3.63, 3.8) is 0 Å². The molecule has 1 aliphatic heterocycles. The number of fused-ring (bicyclic) bond motifs is 1. The lowest BCUT2D eigenvalue weighted by molar-refractivity contribution is -0.139. The Labute approximate surface area is 230 Å². The summed E-state index contributed by atoms with van der Waals surface area (Å²) >= 11 is 1.11. The normalized spacial score (nSPS) is 15.6. The number of halogens is 3. The van der Waals surface area contributed by atoms with Gasteiger partial charge in [0.25, 0.3) is 5.56 Å². The zero-order chi connectivity index (χ0) is 28.6. The highest BCUT2D eigenvalue weighted by Gasteiger charge is 2.34. The molecule has 0 aliphatic carbocycles. The van der Waals surface area contributed by atoms with Gasteiger partial charge in [-0.05, 0) is 55.8 Å². The summed E-state index contributed by atoms with van der Waals surface area (Å²) in [7, 11) is 1.52. The smallest absolute Gasteiger partial charge is 0.416 e. The SMILES string of the molecule is CCOC(=O)C1=C(C)N=c2s/c(=C\c3ccc(-c4cccc(C(F)(F)F)c4)o3)c(=O)n2C1c1cccc(OC)c1. The highest BCUT2D eigenvalue weighted by atomic mass is 32.1. The minimum atomic E-state index is -4.49. The average molecular weight is 569 g/mol. The Balaban J connectivity index is 1.61. The van der Waals surface area contributed by atoms with E-state index in [0.717, 1.165) is 23.5 Å². The number of aromatic nitrogens is 1. The molecule has 40 heavy (non-hydrogen) atoms. The van der Waals surface area contributed by atoms with Crippen molar-refractivity contribution in [2.75, 3.05) is 13.7 Å². The number of allylic oxidation sites excluding steroid dienone is 1. The summed E-state index contributed by atoms with van der Waals surface area (Å²) < 4.78 is 57.6. The van der Waals surface area contributed by atoms with Crippen molar-refractivity contribution in [1.29, 1.82) is 0 Å². The van der Waals surface area contributed by atoms with Crippen molar-refractivity contribution in [3.8, 4) is 17.1 Å². The molecule has 2 aromatic carbocycles. The summed E-state index contributed by atoms with van der Waals surface area (Å²) in [6, 6.07) is 14.2. The van der Waals surface area contributed by atoms with Gasteiger partial charge in [0.05, 0.1) is 41.1 Å². The van der Waals surface area contributed by atoms with E-state index in [2.05, 4.69) is 4.99 Å². The summed E-state index contributed by atoms with van der Waals surface area (Å²) in [5.74, 6) is 0.467. The molecule has 0 spiro atoms. The summed E-state index contributed by atoms with van der Waals surface area (Å²) in [6.07, 6.45) is -2.98. The fraction of sp³-hybridized carbons (Fsp3) is 0.207. The topological polar surface area (TPSA) is 83.0 Å². The Hall–Kier alpha value is -4.38. The molecule has 1 unspecified atom stereocenters. The highest BCUT2D eigenvalue weighted by molar-refractivity contribution is 7.07. The first-order valence-corrected chi connectivity index (χ1v) is 13.0. The van der Waals surface area contributed by atoms with Crippen molar-refractivity contribution in [2.45, 2.75) is 26.1 Å². The molecule has 0 saturated carbocycles. The average Bonchev–Trinajstić information content (AvgIpc) is 3.52. The molecule has 3 heterocycles. The number of benzene rings is 2. The first-order valence-electron chi connectivity index (χ1n) is 12.2. The maximum Gasteiger partial charge on any atom is 0.416 e. The van der Waals surface area contributed by atoms with Gasteiger partial charge in [0.1, 0.15) is 17.3 Å². The number of hydrogen-bond acceptors (Lipinski definition) is 7. The van der Waals surface area contributed by atoms with E-state index in [4.69, 9.17) is 13.9 Å². The van der Waals surface area contributed by atoms with Crippen LogP contribution in [0.3, 0.4) is 0 Å². The van der Waals surface area contributed by atoms with Gasteiger partial charge in [0.2, 0.25) is 0 Å². The Morgan fingerprint density at radius 1 is 1.15 bits per heavy atom. The van der Waals surface area contributed by atoms with E-state index in [1.165, 1.54) is 29.9 Å². The summed E-state index contributed by atoms with van der Waals surface area (Å²) in [5, 5.41) is 0. The molecule has 0 bridgehead atoms. The standard InChI is InChI=1S/C29H23F3N2O5S/c1-4-38-27(36)24-16(2)33-28-34(25(24)18-8-6-10-20(14-18)37-3)26(35)23(40-28)15-21-11-12-22(39-21)17-7-5-9-19(13-17)29(30,31)32/h5-15,25H,4H2,1-3H3/b23-15-. The molecule has 0 radical (unpaired) electrons. The fourth-order valence-corrected chi connectivity index (χ4v) is 5.51. The second-order valence-corrected chi connectivity index (χ2v) is 9.87. The molecular weight excluding hydrogens is 545 g/mol. The molecule has 0 fully saturated rings. The van der Waals surface area contributed by atoms with Gasteiger partial charge in [-0.1, -0.05) is 35.6 Å². The number of methoxy groups -OCH3 is 1. The Kier molecular flexibility index (Phi) is 7.24. The lowest BCUT2D eigenvalue weighted by Gasteiger charge is -2.24. The fourth-order valence-electron chi connectivity index (χ4n) is 4.48. The van der Waals surface area contributed by atoms with Gasteiger partial charge < -0.3 is 13.9 Å². The van der Waals surface area contributed by atoms with Crippen molar-refractivity contribution in [1.82, 2.24) is 4.57 Å². The molecule has 5 rings (SSSR count). The number of esters is 1. The third-order valence-corrected chi connectivity index (χ3v) is 7.28. The minimum Gasteiger partial charge on any atom is -0.497 e. The van der Waals surface area contributed by atoms with Gasteiger partial charge in [-0.2, -0.15) is 13.2 Å². The number of ether oxygens (including phenoxy) is 2. The van der Waals surface area contributed by atoms with Crippen LogP contribution >= 0.6 is 11.3 Å². The Bertz CT molecular complexity index is 1810. The second kappa shape index (κ2) is 10.6. The summed E-state index contributed by atoms with van der Waals surface area (Å²) in [5.41, 5.74) is 0.338. The molecule has 0 N–H and O–H groups in total. The number of carbonyl (C=O) groups excluding carboxylic acids is 1. The van der Waals surface area contributed by atoms with Gasteiger partial charge in [-0.3, -0.25) is 9.36 Å². The van der Waals surface area contributed by atoms with Crippen LogP contribution in [0.2, 0.25) is 0 Å². The maximum atomic E-state index is 13.7. The van der Waals surface area contributed by atoms with E-state index in [1.54, 1.807) is 50.2 Å². The zero-order valence-corrected chi connectivity index (χ0v) is 22.4. The molecule has 7 nitrogen and oxygen atoms in total. The van der Waals surface area contributed by atoms with Crippen LogP contribution in [0, 0.1) is 0 Å². The molecule has 0 saturated heterocycles. The number of nitrogens with zero attached hydrogens (tertiary/aromatic N) is 2. The number of thiazole rings is 1. The maximum absolute atomic E-state index is 13.7. The number of carbonyl (C=O) groups is 1. The monoisotopic (exact) mass is 568 g/mol. The third kappa shape index (κ3) is 5.12. The summed E-state index contributed by atoms with van der Waals surface area (Å²) in [6.45, 7) is 3.53. The van der Waals surface area contributed by atoms with E-state index < -0.39 is 29.3 Å². The van der Waals surface area contributed by atoms with Crippen LogP contribution < -0.4 is 19.6 Å². The van der Waals surface area contributed by atoms with Gasteiger partial charge in [0.15, 0.2) is 4.80 Å². The number of rotatable bonds is 6. The first kappa shape index (κ1) is 27.2. The third-order valence-electron chi connectivity index (χ3n) is 6.30. The molecule has 1 atom stereocenters. The van der Waals surface area contributed by atoms with Crippen molar-refractivity contribution >= 4 is 23.4 Å². The zero-order valence-electron chi connectivity index (χ0n) is 21.6. The lowest BCUT2D eigenvalue weighted by Crippen LogP contribution is -2.39. The second-order valence-electron chi connectivity index (χ2n) is 8.86. The van der Waals surface area contributed by atoms with Crippen LogP contribution in [0.1, 0.15) is 36.8 Å². The first-order chi connectivity index (χ1) is 19.1. The number of alkyl halides is 3. The lowest BCUT2D eigenvalue weighted by atomic mass is 9.95. The van der Waals surface area contributed by atoms with Crippen LogP contribution in [0.5, 0.6) is 5.75 Å². The number of furan rings is 1. The predicted molar refractivity (Wildman–Crippen MR) is 143 cm³/mol. The van der Waals surface area contributed by atoms with Gasteiger partial charge >= 0.3 is 12.1 Å². The quantitative estimate of drug-likeness (QED) is 0.303. The van der Waals surface area contributed by atoms with E-state index in [0.29, 0.717) is 21.8 Å². The van der Waals surface area contributed by atoms with E-state index >= 15 is 0 Å². The van der Waals surface area contributed by atoms with Crippen molar-refractivity contribution in [2.24, 2.45) is 4.99 Å². The molecule has 206 valence electrons. The largest absolute Gasteiger partial charge is 0.497 e. The summed E-state index contributed by atoms with van der Waals surface area (Å²) in [4.78, 5) is 31.6. The molecule has 0 amide bonds. The van der Waals surface area contributed by atoms with Gasteiger partial charge in [0, 0.05) is 11.6 Å². The molecule has 2 aromatic heterocycles. The van der Waals surface area contributed by atoms with Crippen molar-refractivity contribution in [3.05, 3.63) is 109 Å². The van der Waals surface area contributed by atoms with Crippen LogP contribution in [0.4, 0.5) is 13.2 Å². The Morgan fingerprint density at radius 2 is 1.93 bits per heavy atom. The van der Waals surface area contributed by atoms with Crippen LogP contribution in [-0.2, 0) is 15.7 Å². The van der Waals surface area contributed by atoms with Gasteiger partial charge in [-0.15, -0.1) is 0 Å². The van der Waals surface area contributed by atoms with Gasteiger partial charge in [-0.25, -0.2) is 9.79 Å².